The summed E-state index contributed by atoms with van der Waals surface area (Å²) in [6, 6.07) is 1.99. The number of hydrogen-bond donors (Lipinski definition) is 0. The smallest absolute Gasteiger partial charge is 0.184 e. The molecule has 0 spiro atoms. The van der Waals surface area contributed by atoms with Gasteiger partial charge in [-0.3, -0.25) is 4.68 Å². The van der Waals surface area contributed by atoms with Gasteiger partial charge < -0.3 is 9.30 Å². The van der Waals surface area contributed by atoms with E-state index in [1.54, 1.807) is 7.11 Å². The van der Waals surface area contributed by atoms with E-state index in [0.717, 1.165) is 23.0 Å². The van der Waals surface area contributed by atoms with Gasteiger partial charge in [0, 0.05) is 26.9 Å². The molecule has 16 heavy (non-hydrogen) atoms. The zero-order valence-corrected chi connectivity index (χ0v) is 9.93. The molecule has 0 radical (unpaired) electrons. The van der Waals surface area contributed by atoms with Crippen LogP contribution in [0.25, 0.3) is 11.5 Å². The lowest BCUT2D eigenvalue weighted by atomic mass is 10.3. The van der Waals surface area contributed by atoms with Crippen LogP contribution in [0, 0.1) is 6.92 Å². The molecule has 0 saturated heterocycles. The molecule has 6 nitrogen and oxygen atoms in total. The third-order valence-electron chi connectivity index (χ3n) is 2.58. The third-order valence-corrected chi connectivity index (χ3v) is 2.58. The monoisotopic (exact) mass is 221 g/mol. The largest absolute Gasteiger partial charge is 0.377 e. The quantitative estimate of drug-likeness (QED) is 0.764. The van der Waals surface area contributed by atoms with E-state index in [4.69, 9.17) is 4.74 Å². The predicted octanol–water partition coefficient (Wildman–Crippen LogP) is 0.670. The van der Waals surface area contributed by atoms with Gasteiger partial charge in [-0.05, 0) is 13.0 Å². The van der Waals surface area contributed by atoms with Gasteiger partial charge in [0.2, 0.25) is 0 Å². The molecule has 2 heterocycles. The van der Waals surface area contributed by atoms with Crippen LogP contribution in [0.15, 0.2) is 6.07 Å². The number of nitrogens with zero attached hydrogens (tertiary/aromatic N) is 5. The standard InChI is InChI=1S/C10H15N5O/c1-7-5-8(13-15(7)3)10-12-11-9(6-16-4)14(10)2/h5H,6H2,1-4H3. The molecule has 0 aliphatic heterocycles. The first kappa shape index (κ1) is 10.8. The zero-order valence-electron chi connectivity index (χ0n) is 9.93. The first-order valence-electron chi connectivity index (χ1n) is 5.01. The SMILES string of the molecule is COCc1nnc(-c2cc(C)n(C)n2)n1C. The van der Waals surface area contributed by atoms with Gasteiger partial charge in [0.25, 0.3) is 0 Å². The third kappa shape index (κ3) is 1.71. The summed E-state index contributed by atoms with van der Waals surface area (Å²) < 4.78 is 8.75. The van der Waals surface area contributed by atoms with Crippen LogP contribution in [0.5, 0.6) is 0 Å². The number of hydrogen-bond acceptors (Lipinski definition) is 4. The van der Waals surface area contributed by atoms with Gasteiger partial charge in [-0.1, -0.05) is 0 Å². The van der Waals surface area contributed by atoms with Crippen molar-refractivity contribution in [3.8, 4) is 11.5 Å². The first-order chi connectivity index (χ1) is 7.63. The van der Waals surface area contributed by atoms with Gasteiger partial charge in [-0.15, -0.1) is 10.2 Å². The van der Waals surface area contributed by atoms with Gasteiger partial charge in [0.1, 0.15) is 12.3 Å². The summed E-state index contributed by atoms with van der Waals surface area (Å²) >= 11 is 0. The second kappa shape index (κ2) is 4.05. The highest BCUT2D eigenvalue weighted by molar-refractivity contribution is 5.49. The Morgan fingerprint density at radius 3 is 2.62 bits per heavy atom. The van der Waals surface area contributed by atoms with Crippen molar-refractivity contribution >= 4 is 0 Å². The average molecular weight is 221 g/mol. The summed E-state index contributed by atoms with van der Waals surface area (Å²) in [4.78, 5) is 0. The van der Waals surface area contributed by atoms with E-state index in [-0.39, 0.29) is 0 Å². The van der Waals surface area contributed by atoms with Crippen LogP contribution < -0.4 is 0 Å². The molecule has 0 bridgehead atoms. The number of aromatic nitrogens is 5. The molecule has 2 rings (SSSR count). The van der Waals surface area contributed by atoms with E-state index in [9.17, 15) is 0 Å². The maximum atomic E-state index is 5.04. The zero-order chi connectivity index (χ0) is 11.7. The molecule has 86 valence electrons. The molecule has 0 fully saturated rings. The molecular formula is C10H15N5O. The van der Waals surface area contributed by atoms with E-state index in [1.807, 2.05) is 36.3 Å². The van der Waals surface area contributed by atoms with Crippen molar-refractivity contribution in [3.63, 3.8) is 0 Å². The van der Waals surface area contributed by atoms with Gasteiger partial charge >= 0.3 is 0 Å². The van der Waals surface area contributed by atoms with Crippen LogP contribution in [0.4, 0.5) is 0 Å². The van der Waals surface area contributed by atoms with Crippen LogP contribution in [0.1, 0.15) is 11.5 Å². The second-order valence-corrected chi connectivity index (χ2v) is 3.73. The Morgan fingerprint density at radius 1 is 1.31 bits per heavy atom. The van der Waals surface area contributed by atoms with Gasteiger partial charge in [-0.25, -0.2) is 0 Å². The van der Waals surface area contributed by atoms with E-state index < -0.39 is 0 Å². The molecule has 6 heteroatoms. The van der Waals surface area contributed by atoms with Crippen LogP contribution in [-0.4, -0.2) is 31.7 Å². The predicted molar refractivity (Wildman–Crippen MR) is 58.7 cm³/mol. The van der Waals surface area contributed by atoms with Crippen molar-refractivity contribution in [2.75, 3.05) is 7.11 Å². The number of aryl methyl sites for hydroxylation is 2. The molecule has 0 saturated carbocycles. The molecule has 0 unspecified atom stereocenters. The highest BCUT2D eigenvalue weighted by Gasteiger charge is 2.13. The Kier molecular flexibility index (Phi) is 2.74. The summed E-state index contributed by atoms with van der Waals surface area (Å²) in [5.74, 6) is 1.55. The minimum Gasteiger partial charge on any atom is -0.377 e. The normalized spacial score (nSPS) is 11.0. The van der Waals surface area contributed by atoms with E-state index in [0.29, 0.717) is 6.61 Å². The summed E-state index contributed by atoms with van der Waals surface area (Å²) in [6.07, 6.45) is 0. The van der Waals surface area contributed by atoms with Crippen molar-refractivity contribution in [3.05, 3.63) is 17.6 Å². The van der Waals surface area contributed by atoms with E-state index in [2.05, 4.69) is 15.3 Å². The van der Waals surface area contributed by atoms with Crippen molar-refractivity contribution in [1.29, 1.82) is 0 Å². The molecular weight excluding hydrogens is 206 g/mol. The Hall–Kier alpha value is -1.69. The van der Waals surface area contributed by atoms with Gasteiger partial charge in [0.15, 0.2) is 11.6 Å². The minimum atomic E-state index is 0.454. The van der Waals surface area contributed by atoms with Crippen molar-refractivity contribution in [1.82, 2.24) is 24.5 Å². The maximum Gasteiger partial charge on any atom is 0.184 e. The maximum absolute atomic E-state index is 5.04. The van der Waals surface area contributed by atoms with Gasteiger partial charge in [0.05, 0.1) is 0 Å². The minimum absolute atomic E-state index is 0.454. The lowest BCUT2D eigenvalue weighted by Crippen LogP contribution is -2.01. The van der Waals surface area contributed by atoms with Crippen LogP contribution in [0.2, 0.25) is 0 Å². The molecule has 0 aromatic carbocycles. The summed E-state index contributed by atoms with van der Waals surface area (Å²) in [5, 5.41) is 12.5. The molecule has 0 N–H and O–H groups in total. The molecule has 0 atom stereocenters. The van der Waals surface area contributed by atoms with Crippen molar-refractivity contribution in [2.45, 2.75) is 13.5 Å². The summed E-state index contributed by atoms with van der Waals surface area (Å²) in [6.45, 7) is 2.46. The Bertz CT molecular complexity index is 480. The van der Waals surface area contributed by atoms with E-state index in [1.165, 1.54) is 0 Å². The fourth-order valence-electron chi connectivity index (χ4n) is 1.51. The van der Waals surface area contributed by atoms with Crippen LogP contribution >= 0.6 is 0 Å². The van der Waals surface area contributed by atoms with Crippen molar-refractivity contribution in [2.24, 2.45) is 14.1 Å². The average Bonchev–Trinajstić information content (AvgIpc) is 2.74. The fourth-order valence-corrected chi connectivity index (χ4v) is 1.51. The van der Waals surface area contributed by atoms with Crippen LogP contribution in [0.3, 0.4) is 0 Å². The highest BCUT2D eigenvalue weighted by atomic mass is 16.5. The number of rotatable bonds is 3. The number of methoxy groups -OCH3 is 1. The topological polar surface area (TPSA) is 57.8 Å². The Balaban J connectivity index is 2.40. The molecule has 0 amide bonds. The molecule has 0 aliphatic rings. The molecule has 2 aromatic heterocycles. The Morgan fingerprint density at radius 2 is 2.06 bits per heavy atom. The molecule has 2 aromatic rings. The first-order valence-corrected chi connectivity index (χ1v) is 5.01. The van der Waals surface area contributed by atoms with Gasteiger partial charge in [-0.2, -0.15) is 5.10 Å². The summed E-state index contributed by atoms with van der Waals surface area (Å²) in [7, 11) is 5.46. The highest BCUT2D eigenvalue weighted by Crippen LogP contribution is 2.16. The second-order valence-electron chi connectivity index (χ2n) is 3.73. The number of ether oxygens (including phenoxy) is 1. The molecule has 0 aliphatic carbocycles. The lowest BCUT2D eigenvalue weighted by Gasteiger charge is -2.00. The lowest BCUT2D eigenvalue weighted by molar-refractivity contribution is 0.175. The summed E-state index contributed by atoms with van der Waals surface area (Å²) in [5.41, 5.74) is 1.92. The van der Waals surface area contributed by atoms with Crippen LogP contribution in [-0.2, 0) is 25.4 Å². The fraction of sp³-hybridized carbons (Fsp3) is 0.500. The van der Waals surface area contributed by atoms with Crippen molar-refractivity contribution < 1.29 is 4.74 Å². The Labute approximate surface area is 93.9 Å². The van der Waals surface area contributed by atoms with E-state index >= 15 is 0 Å².